The molecule has 2 aliphatic heterocycles. The number of nitrogens with zero attached hydrogens (tertiary/aromatic N) is 2. The Kier molecular flexibility index (Phi) is 7.73. The molecule has 164 valence electrons. The fourth-order valence-corrected chi connectivity index (χ4v) is 3.99. The molecule has 0 saturated carbocycles. The van der Waals surface area contributed by atoms with Gasteiger partial charge >= 0.3 is 0 Å². The highest BCUT2D eigenvalue weighted by atomic mass is 16.3. The zero-order valence-electron chi connectivity index (χ0n) is 17.2. The summed E-state index contributed by atoms with van der Waals surface area (Å²) in [5, 5.41) is 21.9. The zero-order chi connectivity index (χ0) is 21.9. The Hall–Kier alpha value is -2.04. The van der Waals surface area contributed by atoms with Crippen LogP contribution in [0.4, 0.5) is 0 Å². The number of amides is 3. The van der Waals surface area contributed by atoms with Crippen LogP contribution in [-0.4, -0.2) is 93.0 Å². The lowest BCUT2D eigenvalue weighted by Gasteiger charge is -2.33. The van der Waals surface area contributed by atoms with E-state index in [9.17, 15) is 29.4 Å². The van der Waals surface area contributed by atoms with E-state index >= 15 is 0 Å². The summed E-state index contributed by atoms with van der Waals surface area (Å²) in [5.41, 5.74) is 5.76. The van der Waals surface area contributed by atoms with E-state index in [-0.39, 0.29) is 11.7 Å². The largest absolute Gasteiger partial charge is 0.391 e. The second-order valence-electron chi connectivity index (χ2n) is 7.98. The highest BCUT2D eigenvalue weighted by Gasteiger charge is 2.43. The lowest BCUT2D eigenvalue weighted by atomic mass is 10.1. The molecule has 0 aromatic rings. The van der Waals surface area contributed by atoms with E-state index in [1.807, 2.05) is 0 Å². The molecule has 2 saturated heterocycles. The summed E-state index contributed by atoms with van der Waals surface area (Å²) in [6.45, 7) is 4.86. The smallest absolute Gasteiger partial charge is 0.246 e. The molecule has 2 heterocycles. The van der Waals surface area contributed by atoms with E-state index < -0.39 is 48.2 Å². The highest BCUT2D eigenvalue weighted by Crippen LogP contribution is 2.25. The molecule has 0 bridgehead atoms. The van der Waals surface area contributed by atoms with Crippen molar-refractivity contribution < 1.29 is 29.4 Å². The first kappa shape index (κ1) is 23.2. The van der Waals surface area contributed by atoms with Crippen molar-refractivity contribution in [3.63, 3.8) is 0 Å². The van der Waals surface area contributed by atoms with E-state index in [1.165, 1.54) is 30.6 Å². The lowest BCUT2D eigenvalue weighted by Crippen LogP contribution is -2.58. The quantitative estimate of drug-likeness (QED) is 0.382. The van der Waals surface area contributed by atoms with E-state index in [4.69, 9.17) is 5.73 Å². The maximum atomic E-state index is 13.2. The predicted octanol–water partition coefficient (Wildman–Crippen LogP) is -1.87. The average Bonchev–Trinajstić information content (AvgIpc) is 3.32. The minimum absolute atomic E-state index is 0.331. The molecule has 0 radical (unpaired) electrons. The molecule has 10 heteroatoms. The van der Waals surface area contributed by atoms with Gasteiger partial charge in [0.2, 0.25) is 17.7 Å². The third kappa shape index (κ3) is 5.12. The second-order valence-corrected chi connectivity index (χ2v) is 7.98. The Labute approximate surface area is 170 Å². The van der Waals surface area contributed by atoms with E-state index in [1.54, 1.807) is 0 Å². The SMILES string of the molecule is CC(=O)[C@@H](NC(=O)C1CCCN1C(=O)C1CCCN1C(=O)C(N)[C@@H](C)O)[C@@H](C)O. The molecule has 2 fully saturated rings. The molecule has 10 nitrogen and oxygen atoms in total. The van der Waals surface area contributed by atoms with Crippen LogP contribution in [0, 0.1) is 0 Å². The molecule has 0 aliphatic carbocycles. The Balaban J connectivity index is 2.11. The van der Waals surface area contributed by atoms with Crippen molar-refractivity contribution in [3.05, 3.63) is 0 Å². The van der Waals surface area contributed by atoms with Crippen LogP contribution in [0.2, 0.25) is 0 Å². The fraction of sp³-hybridized carbons (Fsp3) is 0.789. The maximum absolute atomic E-state index is 13.2. The highest BCUT2D eigenvalue weighted by molar-refractivity contribution is 5.95. The standard InChI is InChI=1S/C19H32N4O6/c1-10(24)15(20)19(29)23-9-5-7-14(23)18(28)22-8-4-6-13(22)17(27)21-16(11(2)25)12(3)26/h10-11,13-16,24-25H,4-9,20H2,1-3H3,(H,21,27)/t10-,11-,13?,14?,15?,16+/m1/s1. The molecule has 2 aliphatic rings. The minimum Gasteiger partial charge on any atom is -0.391 e. The van der Waals surface area contributed by atoms with Crippen LogP contribution in [0.25, 0.3) is 0 Å². The van der Waals surface area contributed by atoms with Crippen LogP contribution in [0.3, 0.4) is 0 Å². The molecule has 0 spiro atoms. The van der Waals surface area contributed by atoms with Gasteiger partial charge in [-0.1, -0.05) is 0 Å². The number of Topliss-reactive ketones (excluding diaryl/α,β-unsaturated/α-hetero) is 1. The maximum Gasteiger partial charge on any atom is 0.246 e. The fourth-order valence-electron chi connectivity index (χ4n) is 3.99. The van der Waals surface area contributed by atoms with Gasteiger partial charge in [0.05, 0.1) is 12.2 Å². The van der Waals surface area contributed by atoms with Crippen molar-refractivity contribution in [3.8, 4) is 0 Å². The van der Waals surface area contributed by atoms with E-state index in [0.717, 1.165) is 0 Å². The first-order valence-corrected chi connectivity index (χ1v) is 10.1. The van der Waals surface area contributed by atoms with Crippen LogP contribution >= 0.6 is 0 Å². The van der Waals surface area contributed by atoms with Gasteiger partial charge in [0.25, 0.3) is 0 Å². The number of carbonyl (C=O) groups excluding carboxylic acids is 4. The van der Waals surface area contributed by atoms with Gasteiger partial charge < -0.3 is 31.1 Å². The summed E-state index contributed by atoms with van der Waals surface area (Å²) in [6, 6.07) is -3.62. The van der Waals surface area contributed by atoms with Crippen molar-refractivity contribution in [1.29, 1.82) is 0 Å². The van der Waals surface area contributed by atoms with Gasteiger partial charge in [0, 0.05) is 13.1 Å². The topological polar surface area (TPSA) is 153 Å². The molecule has 29 heavy (non-hydrogen) atoms. The molecule has 2 rings (SSSR count). The van der Waals surface area contributed by atoms with Gasteiger partial charge in [-0.3, -0.25) is 19.2 Å². The molecular formula is C19H32N4O6. The lowest BCUT2D eigenvalue weighted by molar-refractivity contribution is -0.148. The summed E-state index contributed by atoms with van der Waals surface area (Å²) < 4.78 is 0. The first-order chi connectivity index (χ1) is 13.6. The number of aliphatic hydroxyl groups is 2. The van der Waals surface area contributed by atoms with Gasteiger partial charge in [-0.15, -0.1) is 0 Å². The molecular weight excluding hydrogens is 380 g/mol. The van der Waals surface area contributed by atoms with Gasteiger partial charge in [0.1, 0.15) is 24.2 Å². The van der Waals surface area contributed by atoms with Gasteiger partial charge in [-0.05, 0) is 46.5 Å². The van der Waals surface area contributed by atoms with Crippen LogP contribution in [0.5, 0.6) is 0 Å². The van der Waals surface area contributed by atoms with Gasteiger partial charge in [-0.2, -0.15) is 0 Å². The number of carbonyl (C=O) groups is 4. The predicted molar refractivity (Wildman–Crippen MR) is 103 cm³/mol. The number of aliphatic hydroxyl groups excluding tert-OH is 2. The first-order valence-electron chi connectivity index (χ1n) is 10.1. The normalized spacial score (nSPS) is 26.0. The van der Waals surface area contributed by atoms with Crippen LogP contribution in [0.15, 0.2) is 0 Å². The number of hydrogen-bond donors (Lipinski definition) is 4. The van der Waals surface area contributed by atoms with E-state index in [0.29, 0.717) is 38.8 Å². The number of rotatable bonds is 7. The van der Waals surface area contributed by atoms with Crippen molar-refractivity contribution in [2.75, 3.05) is 13.1 Å². The summed E-state index contributed by atoms with van der Waals surface area (Å²) in [5.74, 6) is -1.68. The van der Waals surface area contributed by atoms with E-state index in [2.05, 4.69) is 5.32 Å². The molecule has 3 unspecified atom stereocenters. The molecule has 0 aromatic carbocycles. The Morgan fingerprint density at radius 3 is 2.03 bits per heavy atom. The number of hydrogen-bond acceptors (Lipinski definition) is 7. The monoisotopic (exact) mass is 412 g/mol. The van der Waals surface area contributed by atoms with Crippen molar-refractivity contribution in [2.24, 2.45) is 5.73 Å². The minimum atomic E-state index is -1.11. The molecule has 0 aromatic heterocycles. The van der Waals surface area contributed by atoms with Gasteiger partial charge in [0.15, 0.2) is 5.78 Å². The van der Waals surface area contributed by atoms with Crippen molar-refractivity contribution in [2.45, 2.75) is 82.8 Å². The summed E-state index contributed by atoms with van der Waals surface area (Å²) in [4.78, 5) is 52.9. The second kappa shape index (κ2) is 9.64. The number of nitrogens with two attached hydrogens (primary N) is 1. The van der Waals surface area contributed by atoms with Crippen LogP contribution in [0.1, 0.15) is 46.5 Å². The van der Waals surface area contributed by atoms with Crippen molar-refractivity contribution in [1.82, 2.24) is 15.1 Å². The third-order valence-electron chi connectivity index (χ3n) is 5.68. The van der Waals surface area contributed by atoms with Crippen LogP contribution < -0.4 is 11.1 Å². The van der Waals surface area contributed by atoms with Crippen LogP contribution in [-0.2, 0) is 19.2 Å². The molecule has 5 N–H and O–H groups in total. The summed E-state index contributed by atoms with van der Waals surface area (Å²) in [6.07, 6.45) is 0.0759. The molecule has 6 atom stereocenters. The summed E-state index contributed by atoms with van der Waals surface area (Å²) >= 11 is 0. The zero-order valence-corrected chi connectivity index (χ0v) is 17.2. The average molecular weight is 412 g/mol. The summed E-state index contributed by atoms with van der Waals surface area (Å²) in [7, 11) is 0. The number of likely N-dealkylation sites (tertiary alicyclic amines) is 2. The molecule has 3 amide bonds. The number of nitrogens with one attached hydrogen (secondary N) is 1. The third-order valence-corrected chi connectivity index (χ3v) is 5.68. The Bertz CT molecular complexity index is 653. The van der Waals surface area contributed by atoms with Crippen molar-refractivity contribution >= 4 is 23.5 Å². The van der Waals surface area contributed by atoms with Gasteiger partial charge in [-0.25, -0.2) is 0 Å². The number of ketones is 1. The Morgan fingerprint density at radius 2 is 1.52 bits per heavy atom. The Morgan fingerprint density at radius 1 is 0.966 bits per heavy atom.